The molecule has 1 N–H and O–H groups in total. The summed E-state index contributed by atoms with van der Waals surface area (Å²) in [6, 6.07) is 1.98. The molecule has 1 atom stereocenters. The normalized spacial score (nSPS) is 13.9. The Balaban J connectivity index is 2.32. The van der Waals surface area contributed by atoms with E-state index in [-0.39, 0.29) is 12.5 Å². The van der Waals surface area contributed by atoms with Crippen LogP contribution >= 0.6 is 11.3 Å². The smallest absolute Gasteiger partial charge is 0.314 e. The van der Waals surface area contributed by atoms with Crippen molar-refractivity contribution in [1.82, 2.24) is 5.32 Å². The third-order valence-corrected chi connectivity index (χ3v) is 3.36. The lowest BCUT2D eigenvalue weighted by atomic mass is 10.0. The molecular formula is C12H18F3NS. The molecule has 0 aliphatic heterocycles. The van der Waals surface area contributed by atoms with Crippen LogP contribution in [0.2, 0.25) is 0 Å². The molecule has 17 heavy (non-hydrogen) atoms. The molecule has 0 amide bonds. The number of hydrogen-bond donors (Lipinski definition) is 1. The molecule has 0 aliphatic rings. The van der Waals surface area contributed by atoms with Gasteiger partial charge < -0.3 is 5.32 Å². The standard InChI is InChI=1S/C12H18F3NS/c1-2-16-11(5-7-12(13,14)15)4-3-10-6-8-17-9-10/h6,8-9,11,16H,2-5,7H2,1H3. The number of nitrogens with one attached hydrogen (secondary N) is 1. The summed E-state index contributed by atoms with van der Waals surface area (Å²) in [5.74, 6) is 0. The average molecular weight is 265 g/mol. The van der Waals surface area contributed by atoms with Crippen molar-refractivity contribution in [2.24, 2.45) is 0 Å². The van der Waals surface area contributed by atoms with Gasteiger partial charge in [0.1, 0.15) is 0 Å². The van der Waals surface area contributed by atoms with Crippen molar-refractivity contribution in [3.8, 4) is 0 Å². The molecule has 1 heterocycles. The first-order valence-electron chi connectivity index (χ1n) is 5.82. The first-order chi connectivity index (χ1) is 8.01. The molecule has 0 radical (unpaired) electrons. The number of hydrogen-bond acceptors (Lipinski definition) is 2. The minimum absolute atomic E-state index is 0.0403. The number of halogens is 3. The highest BCUT2D eigenvalue weighted by atomic mass is 32.1. The van der Waals surface area contributed by atoms with E-state index in [1.807, 2.05) is 23.8 Å². The van der Waals surface area contributed by atoms with Crippen molar-refractivity contribution in [2.45, 2.75) is 44.8 Å². The highest BCUT2D eigenvalue weighted by Gasteiger charge is 2.27. The Bertz CT molecular complexity index is 295. The second kappa shape index (κ2) is 7.01. The zero-order valence-corrected chi connectivity index (χ0v) is 10.7. The maximum Gasteiger partial charge on any atom is 0.389 e. The minimum Gasteiger partial charge on any atom is -0.314 e. The van der Waals surface area contributed by atoms with Gasteiger partial charge in [-0.1, -0.05) is 6.92 Å². The molecule has 1 nitrogen and oxygen atoms in total. The quantitative estimate of drug-likeness (QED) is 0.785. The first-order valence-corrected chi connectivity index (χ1v) is 6.76. The van der Waals surface area contributed by atoms with Crippen LogP contribution in [0.5, 0.6) is 0 Å². The summed E-state index contributed by atoms with van der Waals surface area (Å²) < 4.78 is 36.4. The predicted molar refractivity (Wildman–Crippen MR) is 65.4 cm³/mol. The van der Waals surface area contributed by atoms with Crippen LogP contribution in [0.3, 0.4) is 0 Å². The summed E-state index contributed by atoms with van der Waals surface area (Å²) in [4.78, 5) is 0. The van der Waals surface area contributed by atoms with E-state index in [2.05, 4.69) is 5.32 Å². The lowest BCUT2D eigenvalue weighted by molar-refractivity contribution is -0.136. The Hall–Kier alpha value is -0.550. The van der Waals surface area contributed by atoms with E-state index in [1.165, 1.54) is 5.56 Å². The van der Waals surface area contributed by atoms with E-state index < -0.39 is 12.6 Å². The van der Waals surface area contributed by atoms with Gasteiger partial charge in [-0.2, -0.15) is 24.5 Å². The highest BCUT2D eigenvalue weighted by Crippen LogP contribution is 2.23. The molecule has 1 aromatic rings. The fraction of sp³-hybridized carbons (Fsp3) is 0.667. The minimum atomic E-state index is -4.05. The second-order valence-corrected chi connectivity index (χ2v) is 4.86. The highest BCUT2D eigenvalue weighted by molar-refractivity contribution is 7.07. The van der Waals surface area contributed by atoms with Crippen molar-refractivity contribution >= 4 is 11.3 Å². The topological polar surface area (TPSA) is 12.0 Å². The van der Waals surface area contributed by atoms with Crippen molar-refractivity contribution < 1.29 is 13.2 Å². The van der Waals surface area contributed by atoms with Crippen molar-refractivity contribution in [3.63, 3.8) is 0 Å². The number of aryl methyl sites for hydroxylation is 1. The van der Waals surface area contributed by atoms with Gasteiger partial charge in [-0.05, 0) is 48.2 Å². The zero-order chi connectivity index (χ0) is 12.7. The Morgan fingerprint density at radius 1 is 1.35 bits per heavy atom. The monoisotopic (exact) mass is 265 g/mol. The Morgan fingerprint density at radius 3 is 2.65 bits per heavy atom. The molecule has 0 fully saturated rings. The van der Waals surface area contributed by atoms with Crippen LogP contribution in [0.25, 0.3) is 0 Å². The molecule has 1 rings (SSSR count). The molecule has 98 valence electrons. The summed E-state index contributed by atoms with van der Waals surface area (Å²) in [7, 11) is 0. The SMILES string of the molecule is CCNC(CCc1ccsc1)CCC(F)(F)F. The van der Waals surface area contributed by atoms with Crippen LogP contribution in [-0.2, 0) is 6.42 Å². The number of thiophene rings is 1. The van der Waals surface area contributed by atoms with Gasteiger partial charge in [-0.15, -0.1) is 0 Å². The van der Waals surface area contributed by atoms with E-state index in [9.17, 15) is 13.2 Å². The predicted octanol–water partition coefficient (Wildman–Crippen LogP) is 4.00. The van der Waals surface area contributed by atoms with Gasteiger partial charge in [0.2, 0.25) is 0 Å². The van der Waals surface area contributed by atoms with Crippen LogP contribution in [0.4, 0.5) is 13.2 Å². The van der Waals surface area contributed by atoms with Crippen molar-refractivity contribution in [3.05, 3.63) is 22.4 Å². The molecule has 0 saturated heterocycles. The molecule has 0 saturated carbocycles. The largest absolute Gasteiger partial charge is 0.389 e. The fourth-order valence-corrected chi connectivity index (χ4v) is 2.45. The number of alkyl halides is 3. The van der Waals surface area contributed by atoms with Gasteiger partial charge >= 0.3 is 6.18 Å². The van der Waals surface area contributed by atoms with Gasteiger partial charge in [0.05, 0.1) is 0 Å². The molecule has 0 spiro atoms. The summed E-state index contributed by atoms with van der Waals surface area (Å²) in [5.41, 5.74) is 1.21. The lowest BCUT2D eigenvalue weighted by Gasteiger charge is -2.18. The summed E-state index contributed by atoms with van der Waals surface area (Å²) >= 11 is 1.62. The van der Waals surface area contributed by atoms with Gasteiger partial charge in [0.25, 0.3) is 0 Å². The lowest BCUT2D eigenvalue weighted by Crippen LogP contribution is -2.30. The second-order valence-electron chi connectivity index (χ2n) is 4.08. The van der Waals surface area contributed by atoms with E-state index in [4.69, 9.17) is 0 Å². The van der Waals surface area contributed by atoms with Gasteiger partial charge in [0.15, 0.2) is 0 Å². The van der Waals surface area contributed by atoms with Crippen molar-refractivity contribution in [1.29, 1.82) is 0 Å². The third-order valence-electron chi connectivity index (χ3n) is 2.63. The summed E-state index contributed by atoms with van der Waals surface area (Å²) in [5, 5.41) is 7.16. The van der Waals surface area contributed by atoms with E-state index in [0.717, 1.165) is 12.8 Å². The molecule has 0 bridgehead atoms. The average Bonchev–Trinajstić information content (AvgIpc) is 2.74. The van der Waals surface area contributed by atoms with Crippen LogP contribution in [-0.4, -0.2) is 18.8 Å². The molecule has 5 heteroatoms. The van der Waals surface area contributed by atoms with Gasteiger partial charge in [0, 0.05) is 12.5 Å². The van der Waals surface area contributed by atoms with Crippen LogP contribution < -0.4 is 5.32 Å². The van der Waals surface area contributed by atoms with E-state index in [1.54, 1.807) is 11.3 Å². The van der Waals surface area contributed by atoms with Crippen molar-refractivity contribution in [2.75, 3.05) is 6.54 Å². The van der Waals surface area contributed by atoms with Gasteiger partial charge in [-0.25, -0.2) is 0 Å². The van der Waals surface area contributed by atoms with Crippen LogP contribution in [0.15, 0.2) is 16.8 Å². The Morgan fingerprint density at radius 2 is 2.12 bits per heavy atom. The third kappa shape index (κ3) is 6.68. The molecule has 0 aliphatic carbocycles. The summed E-state index contributed by atoms with van der Waals surface area (Å²) in [6.07, 6.45) is -2.97. The first kappa shape index (κ1) is 14.5. The molecule has 0 aromatic carbocycles. The Kier molecular flexibility index (Phi) is 5.98. The van der Waals surface area contributed by atoms with Gasteiger partial charge in [-0.3, -0.25) is 0 Å². The van der Waals surface area contributed by atoms with E-state index in [0.29, 0.717) is 6.54 Å². The van der Waals surface area contributed by atoms with Crippen LogP contribution in [0, 0.1) is 0 Å². The Labute approximate surface area is 104 Å². The number of rotatable bonds is 7. The van der Waals surface area contributed by atoms with E-state index >= 15 is 0 Å². The zero-order valence-electron chi connectivity index (χ0n) is 9.89. The molecule has 1 aromatic heterocycles. The molecule has 1 unspecified atom stereocenters. The maximum atomic E-state index is 12.1. The van der Waals surface area contributed by atoms with Crippen LogP contribution in [0.1, 0.15) is 31.7 Å². The molecular weight excluding hydrogens is 247 g/mol. The fourth-order valence-electron chi connectivity index (χ4n) is 1.75. The summed E-state index contributed by atoms with van der Waals surface area (Å²) in [6.45, 7) is 2.64. The maximum absolute atomic E-state index is 12.1.